The molecule has 2 fully saturated rings. The van der Waals surface area contributed by atoms with Crippen LogP contribution in [0.15, 0.2) is 30.3 Å². The third kappa shape index (κ3) is 3.87. The average Bonchev–Trinajstić information content (AvgIpc) is 3.28. The van der Waals surface area contributed by atoms with Crippen molar-refractivity contribution in [2.75, 3.05) is 26.9 Å². The number of nitrogens with zero attached hydrogens (tertiary/aromatic N) is 1. The number of carbonyl (C=O) groups is 1. The van der Waals surface area contributed by atoms with Gasteiger partial charge >= 0.3 is 0 Å². The highest BCUT2D eigenvalue weighted by Gasteiger charge is 2.38. The second-order valence-corrected chi connectivity index (χ2v) is 6.38. The molecule has 1 saturated carbocycles. The van der Waals surface area contributed by atoms with Gasteiger partial charge in [-0.05, 0) is 37.2 Å². The number of carbonyl (C=O) groups excluding carboxylic acids is 1. The summed E-state index contributed by atoms with van der Waals surface area (Å²) in [5.74, 6) is 0.821. The zero-order valence-corrected chi connectivity index (χ0v) is 13.2. The molecule has 0 N–H and O–H groups in total. The van der Waals surface area contributed by atoms with Crippen molar-refractivity contribution in [2.24, 2.45) is 5.92 Å². The smallest absolute Gasteiger partial charge is 0.248 e. The molecule has 0 radical (unpaired) electrons. The summed E-state index contributed by atoms with van der Waals surface area (Å²) < 4.78 is 11.2. The van der Waals surface area contributed by atoms with E-state index < -0.39 is 0 Å². The van der Waals surface area contributed by atoms with Gasteiger partial charge in [-0.25, -0.2) is 0 Å². The Morgan fingerprint density at radius 2 is 2.00 bits per heavy atom. The maximum Gasteiger partial charge on any atom is 0.248 e. The molecule has 0 aromatic heterocycles. The number of rotatable bonds is 7. The van der Waals surface area contributed by atoms with E-state index in [2.05, 4.69) is 12.1 Å². The van der Waals surface area contributed by atoms with E-state index >= 15 is 0 Å². The number of benzene rings is 1. The van der Waals surface area contributed by atoms with Crippen LogP contribution < -0.4 is 0 Å². The highest BCUT2D eigenvalue weighted by atomic mass is 16.5. The Hall–Kier alpha value is -1.39. The van der Waals surface area contributed by atoms with Gasteiger partial charge in [0.2, 0.25) is 5.91 Å². The summed E-state index contributed by atoms with van der Waals surface area (Å²) in [6.45, 7) is 1.78. The van der Waals surface area contributed by atoms with E-state index in [0.29, 0.717) is 0 Å². The second kappa shape index (κ2) is 7.25. The zero-order valence-electron chi connectivity index (χ0n) is 13.2. The fourth-order valence-corrected chi connectivity index (χ4v) is 3.18. The van der Waals surface area contributed by atoms with E-state index in [1.165, 1.54) is 18.4 Å². The first-order chi connectivity index (χ1) is 10.8. The topological polar surface area (TPSA) is 38.8 Å². The Labute approximate surface area is 132 Å². The molecule has 1 heterocycles. The lowest BCUT2D eigenvalue weighted by Crippen LogP contribution is -2.43. The molecule has 3 rings (SSSR count). The zero-order chi connectivity index (χ0) is 15.4. The van der Waals surface area contributed by atoms with Crippen LogP contribution in [0, 0.1) is 5.92 Å². The molecular formula is C18H25NO3. The predicted molar refractivity (Wildman–Crippen MR) is 84.6 cm³/mol. The lowest BCUT2D eigenvalue weighted by Gasteiger charge is -2.28. The monoisotopic (exact) mass is 303 g/mol. The van der Waals surface area contributed by atoms with Crippen molar-refractivity contribution < 1.29 is 14.3 Å². The fourth-order valence-electron chi connectivity index (χ4n) is 3.18. The molecule has 0 bridgehead atoms. The standard InChI is InChI=1S/C18H25NO3/c1-21-13-18(20)19-10-9-17(22-12-15-7-8-15)16(19)11-14-5-3-2-4-6-14/h2-6,15-17H,7-13H2,1H3/t16-,17+/m0/s1. The summed E-state index contributed by atoms with van der Waals surface area (Å²) >= 11 is 0. The fraction of sp³-hybridized carbons (Fsp3) is 0.611. The van der Waals surface area contributed by atoms with Gasteiger partial charge in [-0.1, -0.05) is 30.3 Å². The highest BCUT2D eigenvalue weighted by molar-refractivity contribution is 5.78. The Balaban J connectivity index is 1.67. The van der Waals surface area contributed by atoms with Crippen LogP contribution in [-0.2, 0) is 20.7 Å². The van der Waals surface area contributed by atoms with E-state index in [1.54, 1.807) is 7.11 Å². The van der Waals surface area contributed by atoms with E-state index in [-0.39, 0.29) is 24.7 Å². The molecule has 4 nitrogen and oxygen atoms in total. The van der Waals surface area contributed by atoms with Gasteiger partial charge in [-0.15, -0.1) is 0 Å². The molecule has 1 amide bonds. The molecule has 1 aliphatic carbocycles. The van der Waals surface area contributed by atoms with Gasteiger partial charge in [-0.3, -0.25) is 4.79 Å². The summed E-state index contributed by atoms with van der Waals surface area (Å²) in [4.78, 5) is 14.2. The molecule has 2 atom stereocenters. The second-order valence-electron chi connectivity index (χ2n) is 6.38. The van der Waals surface area contributed by atoms with Crippen LogP contribution in [0.5, 0.6) is 0 Å². The number of hydrogen-bond donors (Lipinski definition) is 0. The highest BCUT2D eigenvalue weighted by Crippen LogP contribution is 2.32. The van der Waals surface area contributed by atoms with Crippen LogP contribution in [0.4, 0.5) is 0 Å². The largest absolute Gasteiger partial charge is 0.376 e. The maximum absolute atomic E-state index is 12.3. The summed E-state index contributed by atoms with van der Waals surface area (Å²) in [7, 11) is 1.57. The SMILES string of the molecule is COCC(=O)N1CC[C@@H](OCC2CC2)[C@@H]1Cc1ccccc1. The summed E-state index contributed by atoms with van der Waals surface area (Å²) in [6.07, 6.45) is 4.53. The van der Waals surface area contributed by atoms with Gasteiger partial charge < -0.3 is 14.4 Å². The minimum absolute atomic E-state index is 0.0703. The van der Waals surface area contributed by atoms with Crippen molar-refractivity contribution in [2.45, 2.75) is 37.8 Å². The molecule has 0 spiro atoms. The number of hydrogen-bond acceptors (Lipinski definition) is 3. The molecule has 22 heavy (non-hydrogen) atoms. The average molecular weight is 303 g/mol. The van der Waals surface area contributed by atoms with Crippen LogP contribution in [0.1, 0.15) is 24.8 Å². The van der Waals surface area contributed by atoms with Gasteiger partial charge in [0.25, 0.3) is 0 Å². The quantitative estimate of drug-likeness (QED) is 0.775. The van der Waals surface area contributed by atoms with Crippen molar-refractivity contribution in [3.63, 3.8) is 0 Å². The van der Waals surface area contributed by atoms with Gasteiger partial charge in [0.05, 0.1) is 12.1 Å². The number of likely N-dealkylation sites (tertiary alicyclic amines) is 1. The number of ether oxygens (including phenoxy) is 2. The third-order valence-electron chi connectivity index (χ3n) is 4.60. The van der Waals surface area contributed by atoms with Gasteiger partial charge in [0.1, 0.15) is 6.61 Å². The summed E-state index contributed by atoms with van der Waals surface area (Å²) in [5.41, 5.74) is 1.25. The minimum Gasteiger partial charge on any atom is -0.376 e. The van der Waals surface area contributed by atoms with Crippen LogP contribution in [-0.4, -0.2) is 49.8 Å². The maximum atomic E-state index is 12.3. The van der Waals surface area contributed by atoms with Crippen molar-refractivity contribution >= 4 is 5.91 Å². The lowest BCUT2D eigenvalue weighted by molar-refractivity contribution is -0.137. The summed E-state index contributed by atoms with van der Waals surface area (Å²) in [5, 5.41) is 0. The molecule has 1 aliphatic heterocycles. The van der Waals surface area contributed by atoms with Crippen molar-refractivity contribution in [1.82, 2.24) is 4.90 Å². The summed E-state index contributed by atoms with van der Waals surface area (Å²) in [6, 6.07) is 10.5. The van der Waals surface area contributed by atoms with Gasteiger partial charge in [0, 0.05) is 20.3 Å². The van der Waals surface area contributed by atoms with Crippen molar-refractivity contribution in [3.8, 4) is 0 Å². The Morgan fingerprint density at radius 1 is 1.23 bits per heavy atom. The molecule has 2 aliphatic rings. The number of amides is 1. The van der Waals surface area contributed by atoms with Crippen LogP contribution in [0.2, 0.25) is 0 Å². The Kier molecular flexibility index (Phi) is 5.11. The van der Waals surface area contributed by atoms with Crippen LogP contribution in [0.25, 0.3) is 0 Å². The lowest BCUT2D eigenvalue weighted by atomic mass is 10.0. The number of methoxy groups -OCH3 is 1. The molecular weight excluding hydrogens is 278 g/mol. The van der Waals surface area contributed by atoms with Gasteiger partial charge in [0.15, 0.2) is 0 Å². The Bertz CT molecular complexity index is 486. The molecule has 120 valence electrons. The normalized spacial score (nSPS) is 24.7. The van der Waals surface area contributed by atoms with Crippen molar-refractivity contribution in [3.05, 3.63) is 35.9 Å². The predicted octanol–water partition coefficient (Wildman–Crippen LogP) is 2.27. The molecule has 1 aromatic rings. The molecule has 4 heteroatoms. The molecule has 1 saturated heterocycles. The Morgan fingerprint density at radius 3 is 2.68 bits per heavy atom. The van der Waals surface area contributed by atoms with E-state index in [0.717, 1.165) is 31.9 Å². The van der Waals surface area contributed by atoms with E-state index in [9.17, 15) is 4.79 Å². The first-order valence-corrected chi connectivity index (χ1v) is 8.22. The third-order valence-corrected chi connectivity index (χ3v) is 4.60. The van der Waals surface area contributed by atoms with E-state index in [4.69, 9.17) is 9.47 Å². The first-order valence-electron chi connectivity index (χ1n) is 8.22. The van der Waals surface area contributed by atoms with Crippen LogP contribution >= 0.6 is 0 Å². The van der Waals surface area contributed by atoms with Crippen molar-refractivity contribution in [1.29, 1.82) is 0 Å². The van der Waals surface area contributed by atoms with Crippen LogP contribution in [0.3, 0.4) is 0 Å². The molecule has 0 unspecified atom stereocenters. The minimum atomic E-state index is 0.0703. The first kappa shape index (κ1) is 15.5. The molecule has 1 aromatic carbocycles. The van der Waals surface area contributed by atoms with Gasteiger partial charge in [-0.2, -0.15) is 0 Å². The van der Waals surface area contributed by atoms with E-state index in [1.807, 2.05) is 23.1 Å².